The highest BCUT2D eigenvalue weighted by atomic mass is 16.7. The minimum Gasteiger partial charge on any atom is -0.545 e. The first-order chi connectivity index (χ1) is 36.1. The molecule has 0 aromatic rings. The number of carbonyl (C=O) groups excluding carboxylic acids is 3. The number of allylic oxidation sites excluding steroid dienone is 14. The summed E-state index contributed by atoms with van der Waals surface area (Å²) in [7, 11) is 5.91. The third-order valence-corrected chi connectivity index (χ3v) is 12.9. The van der Waals surface area contributed by atoms with Gasteiger partial charge in [0.2, 0.25) is 0 Å². The number of carboxylic acid groups (broad SMARTS) is 1. The summed E-state index contributed by atoms with van der Waals surface area (Å²) in [6.45, 7) is 4.63. The summed E-state index contributed by atoms with van der Waals surface area (Å²) in [5, 5.41) is 11.8. The van der Waals surface area contributed by atoms with E-state index in [0.717, 1.165) is 96.3 Å². The lowest BCUT2D eigenvalue weighted by molar-refractivity contribution is -0.870. The van der Waals surface area contributed by atoms with Crippen molar-refractivity contribution in [2.75, 3.05) is 47.5 Å². The van der Waals surface area contributed by atoms with Gasteiger partial charge in [0.25, 0.3) is 0 Å². The molecule has 0 radical (unpaired) electrons. The molecule has 0 rings (SSSR count). The molecule has 0 aromatic carbocycles. The van der Waals surface area contributed by atoms with Crippen molar-refractivity contribution in [3.8, 4) is 0 Å². The predicted octanol–water partition coefficient (Wildman–Crippen LogP) is 16.6. The van der Waals surface area contributed by atoms with E-state index in [9.17, 15) is 19.5 Å². The maximum absolute atomic E-state index is 12.9. The van der Waals surface area contributed by atoms with Crippen molar-refractivity contribution in [2.45, 2.75) is 264 Å². The van der Waals surface area contributed by atoms with Gasteiger partial charge in [-0.1, -0.05) is 253 Å². The van der Waals surface area contributed by atoms with Crippen LogP contribution in [0.3, 0.4) is 0 Å². The number of rotatable bonds is 55. The summed E-state index contributed by atoms with van der Waals surface area (Å²) in [5.41, 5.74) is 0. The fraction of sp³-hybridized carbons (Fsp3) is 0.738. The average Bonchev–Trinajstić information content (AvgIpc) is 3.37. The third kappa shape index (κ3) is 56.2. The van der Waals surface area contributed by atoms with E-state index < -0.39 is 24.3 Å². The number of unbranched alkanes of at least 4 members (excludes halogenated alkanes) is 26. The van der Waals surface area contributed by atoms with Crippen LogP contribution in [0.5, 0.6) is 0 Å². The van der Waals surface area contributed by atoms with Gasteiger partial charge in [-0.05, 0) is 70.6 Å². The molecule has 0 aliphatic carbocycles. The monoisotopic (exact) mass is 1040 g/mol. The molecule has 74 heavy (non-hydrogen) atoms. The SMILES string of the molecule is CC/C=C\C/C=C\C/C=C\C/C=C\C/C=C\C/C=C\C/C=C\CCCCCCCC(=O)OC(COC(=O)CCCCCCCCCCCCCCCCCCCCCCCC)COC(OCC[N+](C)(C)C)C(=O)[O-]. The largest absolute Gasteiger partial charge is 0.545 e. The molecular weight excluding hydrogens is 923 g/mol. The Kier molecular flexibility index (Phi) is 53.0. The molecule has 426 valence electrons. The van der Waals surface area contributed by atoms with Gasteiger partial charge in [0, 0.05) is 12.8 Å². The third-order valence-electron chi connectivity index (χ3n) is 12.9. The summed E-state index contributed by atoms with van der Waals surface area (Å²) in [4.78, 5) is 37.3. The Bertz CT molecular complexity index is 1490. The number of carbonyl (C=O) groups is 3. The molecule has 0 heterocycles. The topological polar surface area (TPSA) is 111 Å². The molecule has 0 N–H and O–H groups in total. The van der Waals surface area contributed by atoms with E-state index in [1.54, 1.807) is 0 Å². The van der Waals surface area contributed by atoms with E-state index >= 15 is 0 Å². The number of esters is 2. The van der Waals surface area contributed by atoms with Crippen LogP contribution in [0, 0.1) is 0 Å². The predicted molar refractivity (Wildman–Crippen MR) is 311 cm³/mol. The second kappa shape index (κ2) is 55.7. The van der Waals surface area contributed by atoms with Gasteiger partial charge in [0.1, 0.15) is 13.2 Å². The highest BCUT2D eigenvalue weighted by Crippen LogP contribution is 2.17. The Morgan fingerprint density at radius 2 is 0.770 bits per heavy atom. The molecule has 0 aromatic heterocycles. The van der Waals surface area contributed by atoms with Crippen LogP contribution in [0.25, 0.3) is 0 Å². The molecule has 2 unspecified atom stereocenters. The fourth-order valence-corrected chi connectivity index (χ4v) is 8.28. The first kappa shape index (κ1) is 70.5. The Labute approximate surface area is 455 Å². The Balaban J connectivity index is 4.29. The van der Waals surface area contributed by atoms with Crippen molar-refractivity contribution >= 4 is 17.9 Å². The first-order valence-corrected chi connectivity index (χ1v) is 30.2. The minimum absolute atomic E-state index is 0.141. The van der Waals surface area contributed by atoms with E-state index in [2.05, 4.69) is 98.9 Å². The molecule has 0 bridgehead atoms. The maximum atomic E-state index is 12.9. The molecule has 0 aliphatic heterocycles. The van der Waals surface area contributed by atoms with Gasteiger partial charge in [-0.2, -0.15) is 0 Å². The van der Waals surface area contributed by atoms with E-state index in [1.165, 1.54) is 122 Å². The van der Waals surface area contributed by atoms with Crippen LogP contribution in [0.4, 0.5) is 0 Å². The summed E-state index contributed by atoms with van der Waals surface area (Å²) < 4.78 is 22.7. The second-order valence-corrected chi connectivity index (χ2v) is 21.3. The quantitative estimate of drug-likeness (QED) is 0.0195. The van der Waals surface area contributed by atoms with Gasteiger partial charge < -0.3 is 33.3 Å². The molecule has 9 nitrogen and oxygen atoms in total. The summed E-state index contributed by atoms with van der Waals surface area (Å²) >= 11 is 0. The molecular formula is C65H113NO8. The summed E-state index contributed by atoms with van der Waals surface area (Å²) in [6, 6.07) is 0. The molecule has 0 aliphatic rings. The highest BCUT2D eigenvalue weighted by Gasteiger charge is 2.22. The number of hydrogen-bond donors (Lipinski definition) is 0. The van der Waals surface area contributed by atoms with Crippen molar-refractivity contribution in [3.05, 3.63) is 85.1 Å². The highest BCUT2D eigenvalue weighted by molar-refractivity contribution is 5.70. The smallest absolute Gasteiger partial charge is 0.306 e. The molecule has 0 spiro atoms. The van der Waals surface area contributed by atoms with E-state index in [0.29, 0.717) is 17.4 Å². The molecule has 2 atom stereocenters. The number of quaternary nitrogens is 1. The minimum atomic E-state index is -1.63. The molecule has 0 saturated heterocycles. The van der Waals surface area contributed by atoms with Crippen LogP contribution in [0.1, 0.15) is 251 Å². The number of ether oxygens (including phenoxy) is 4. The Hall–Kier alpha value is -3.53. The fourth-order valence-electron chi connectivity index (χ4n) is 8.28. The van der Waals surface area contributed by atoms with Crippen molar-refractivity contribution in [2.24, 2.45) is 0 Å². The normalized spacial score (nSPS) is 13.4. The van der Waals surface area contributed by atoms with Crippen LogP contribution in [0.15, 0.2) is 85.1 Å². The van der Waals surface area contributed by atoms with Crippen molar-refractivity contribution in [1.29, 1.82) is 0 Å². The Morgan fingerprint density at radius 1 is 0.419 bits per heavy atom. The van der Waals surface area contributed by atoms with Crippen molar-refractivity contribution in [1.82, 2.24) is 0 Å². The zero-order chi connectivity index (χ0) is 54.1. The zero-order valence-corrected chi connectivity index (χ0v) is 48.4. The molecule has 9 heteroatoms. The standard InChI is InChI=1S/C65H113NO8/c1-6-8-10-12-14-16-18-20-22-24-26-28-30-31-32-33-34-36-38-40-42-44-46-48-50-52-54-56-63(68)74-61(60-73-65(64(69)70)71-58-57-66(3,4)5)59-72-62(67)55-53-51-49-47-45-43-41-39-37-35-29-27-25-23-21-19-17-15-13-11-9-7-2/h8,10,14,16,20,22,26,28,31-32,34,36,40,42,61,65H,6-7,9,11-13,15,17-19,21,23-25,27,29-30,33,35,37-39,41,43-60H2,1-5H3/b10-8-,16-14-,22-20-,28-26-,32-31-,36-34-,42-40-. The first-order valence-electron chi connectivity index (χ1n) is 30.2. The van der Waals surface area contributed by atoms with E-state index in [4.69, 9.17) is 18.9 Å². The van der Waals surface area contributed by atoms with Gasteiger partial charge >= 0.3 is 11.9 Å². The molecule has 0 saturated carbocycles. The summed E-state index contributed by atoms with van der Waals surface area (Å²) in [6.07, 6.45) is 70.6. The van der Waals surface area contributed by atoms with Crippen LogP contribution in [-0.2, 0) is 33.3 Å². The van der Waals surface area contributed by atoms with Gasteiger partial charge in [-0.25, -0.2) is 0 Å². The molecule has 0 fully saturated rings. The van der Waals surface area contributed by atoms with Crippen molar-refractivity contribution in [3.63, 3.8) is 0 Å². The molecule has 0 amide bonds. The van der Waals surface area contributed by atoms with Crippen LogP contribution in [0.2, 0.25) is 0 Å². The van der Waals surface area contributed by atoms with Gasteiger partial charge in [-0.15, -0.1) is 0 Å². The van der Waals surface area contributed by atoms with E-state index in [1.807, 2.05) is 21.1 Å². The van der Waals surface area contributed by atoms with Gasteiger partial charge in [-0.3, -0.25) is 9.59 Å². The Morgan fingerprint density at radius 3 is 1.15 bits per heavy atom. The zero-order valence-electron chi connectivity index (χ0n) is 48.4. The maximum Gasteiger partial charge on any atom is 0.306 e. The summed E-state index contributed by atoms with van der Waals surface area (Å²) in [5.74, 6) is -2.31. The lowest BCUT2D eigenvalue weighted by Gasteiger charge is -2.26. The van der Waals surface area contributed by atoms with Crippen LogP contribution < -0.4 is 5.11 Å². The number of aliphatic carboxylic acids is 1. The average molecular weight is 1040 g/mol. The lowest BCUT2D eigenvalue weighted by Crippen LogP contribution is -2.44. The second-order valence-electron chi connectivity index (χ2n) is 21.3. The van der Waals surface area contributed by atoms with Gasteiger partial charge in [0.15, 0.2) is 12.4 Å². The van der Waals surface area contributed by atoms with Crippen LogP contribution >= 0.6 is 0 Å². The van der Waals surface area contributed by atoms with Crippen LogP contribution in [-0.4, -0.2) is 82.3 Å². The van der Waals surface area contributed by atoms with Gasteiger partial charge in [0.05, 0.1) is 40.3 Å². The number of likely N-dealkylation sites (N-methyl/N-ethyl adjacent to an activating group) is 1. The number of nitrogens with zero attached hydrogens (tertiary/aromatic N) is 1. The number of hydrogen-bond acceptors (Lipinski definition) is 8. The lowest BCUT2D eigenvalue weighted by atomic mass is 10.0. The number of carboxylic acids is 1. The van der Waals surface area contributed by atoms with E-state index in [-0.39, 0.29) is 38.6 Å². The van der Waals surface area contributed by atoms with Crippen molar-refractivity contribution < 1.29 is 42.9 Å².